The first kappa shape index (κ1) is 19.1. The van der Waals surface area contributed by atoms with Gasteiger partial charge in [-0.15, -0.1) is 0 Å². The number of aromatic nitrogens is 4. The number of hydrogen-bond acceptors (Lipinski definition) is 3. The van der Waals surface area contributed by atoms with Crippen molar-refractivity contribution in [2.75, 3.05) is 5.32 Å². The molecule has 0 amide bonds. The summed E-state index contributed by atoms with van der Waals surface area (Å²) in [5.41, 5.74) is 6.49. The highest BCUT2D eigenvalue weighted by molar-refractivity contribution is 7.80. The van der Waals surface area contributed by atoms with Crippen LogP contribution in [-0.4, -0.2) is 24.7 Å². The molecule has 0 saturated carbocycles. The first-order chi connectivity index (χ1) is 13.0. The van der Waals surface area contributed by atoms with Crippen LogP contribution in [0.25, 0.3) is 0 Å². The van der Waals surface area contributed by atoms with Gasteiger partial charge in [-0.05, 0) is 45.5 Å². The van der Waals surface area contributed by atoms with E-state index >= 15 is 0 Å². The number of thiocarbonyl (C=S) groups is 1. The van der Waals surface area contributed by atoms with E-state index in [0.717, 1.165) is 41.4 Å². The molecule has 2 N–H and O–H groups in total. The number of benzene rings is 1. The quantitative estimate of drug-likeness (QED) is 0.639. The van der Waals surface area contributed by atoms with E-state index in [1.54, 1.807) is 0 Å². The molecule has 0 radical (unpaired) electrons. The normalized spacial score (nSPS) is 10.8. The molecule has 0 bridgehead atoms. The Bertz CT molecular complexity index is 926. The first-order valence-corrected chi connectivity index (χ1v) is 9.54. The Morgan fingerprint density at radius 3 is 2.48 bits per heavy atom. The van der Waals surface area contributed by atoms with Gasteiger partial charge < -0.3 is 10.6 Å². The van der Waals surface area contributed by atoms with Crippen LogP contribution >= 0.6 is 12.2 Å². The van der Waals surface area contributed by atoms with Crippen molar-refractivity contribution in [3.8, 4) is 0 Å². The molecule has 0 atom stereocenters. The van der Waals surface area contributed by atoms with E-state index < -0.39 is 0 Å². The van der Waals surface area contributed by atoms with E-state index in [0.29, 0.717) is 11.7 Å². The second-order valence-corrected chi connectivity index (χ2v) is 6.98. The Morgan fingerprint density at radius 1 is 1.07 bits per heavy atom. The standard InChI is InChI=1S/C20H26N6S/c1-5-25-15(3)18(12-22-25)11-21-20(27)23-19-14(2)24-26(16(19)4)13-17-9-7-6-8-10-17/h6-10,12H,5,11,13H2,1-4H3,(H2,21,23,27). The summed E-state index contributed by atoms with van der Waals surface area (Å²) in [6, 6.07) is 10.3. The van der Waals surface area contributed by atoms with Crippen LogP contribution in [0.2, 0.25) is 0 Å². The number of rotatable bonds is 6. The van der Waals surface area contributed by atoms with Gasteiger partial charge in [0, 0.05) is 24.3 Å². The molecular formula is C20H26N6S. The molecule has 2 heterocycles. The molecule has 27 heavy (non-hydrogen) atoms. The van der Waals surface area contributed by atoms with Gasteiger partial charge in [-0.3, -0.25) is 9.36 Å². The van der Waals surface area contributed by atoms with Crippen molar-refractivity contribution >= 4 is 23.0 Å². The van der Waals surface area contributed by atoms with Crippen molar-refractivity contribution in [1.29, 1.82) is 0 Å². The van der Waals surface area contributed by atoms with Gasteiger partial charge in [0.1, 0.15) is 0 Å². The van der Waals surface area contributed by atoms with Crippen LogP contribution in [0.5, 0.6) is 0 Å². The van der Waals surface area contributed by atoms with Crippen molar-refractivity contribution < 1.29 is 0 Å². The lowest BCUT2D eigenvalue weighted by Crippen LogP contribution is -2.28. The van der Waals surface area contributed by atoms with Gasteiger partial charge >= 0.3 is 0 Å². The predicted molar refractivity (Wildman–Crippen MR) is 113 cm³/mol. The van der Waals surface area contributed by atoms with Crippen LogP contribution in [0, 0.1) is 20.8 Å². The van der Waals surface area contributed by atoms with Crippen molar-refractivity contribution in [3.63, 3.8) is 0 Å². The molecule has 0 aliphatic carbocycles. The summed E-state index contributed by atoms with van der Waals surface area (Å²) in [7, 11) is 0. The summed E-state index contributed by atoms with van der Waals surface area (Å²) in [5.74, 6) is 0. The molecule has 142 valence electrons. The minimum absolute atomic E-state index is 0.587. The third kappa shape index (κ3) is 4.36. The first-order valence-electron chi connectivity index (χ1n) is 9.13. The Morgan fingerprint density at radius 2 is 1.81 bits per heavy atom. The third-order valence-electron chi connectivity index (χ3n) is 4.74. The van der Waals surface area contributed by atoms with Gasteiger partial charge in [0.15, 0.2) is 5.11 Å². The Kier molecular flexibility index (Phi) is 5.91. The zero-order valence-electron chi connectivity index (χ0n) is 16.3. The van der Waals surface area contributed by atoms with Crippen LogP contribution in [0.4, 0.5) is 5.69 Å². The molecule has 0 fully saturated rings. The maximum atomic E-state index is 5.49. The predicted octanol–water partition coefficient (Wildman–Crippen LogP) is 3.56. The number of hydrogen-bond donors (Lipinski definition) is 2. The van der Waals surface area contributed by atoms with Crippen molar-refractivity contribution in [2.24, 2.45) is 0 Å². The van der Waals surface area contributed by atoms with E-state index in [9.17, 15) is 0 Å². The average molecular weight is 383 g/mol. The van der Waals surface area contributed by atoms with Gasteiger partial charge in [-0.1, -0.05) is 30.3 Å². The lowest BCUT2D eigenvalue weighted by Gasteiger charge is -2.11. The maximum absolute atomic E-state index is 5.49. The van der Waals surface area contributed by atoms with E-state index in [2.05, 4.69) is 53.7 Å². The maximum Gasteiger partial charge on any atom is 0.171 e. The Labute approximate surface area is 165 Å². The van der Waals surface area contributed by atoms with Crippen molar-refractivity contribution in [2.45, 2.75) is 47.3 Å². The summed E-state index contributed by atoms with van der Waals surface area (Å²) in [6.07, 6.45) is 1.89. The number of nitrogens with one attached hydrogen (secondary N) is 2. The number of nitrogens with zero attached hydrogens (tertiary/aromatic N) is 4. The van der Waals surface area contributed by atoms with Gasteiger partial charge in [0.05, 0.1) is 29.8 Å². The molecule has 6 nitrogen and oxygen atoms in total. The van der Waals surface area contributed by atoms with E-state index in [-0.39, 0.29) is 0 Å². The second kappa shape index (κ2) is 8.35. The molecule has 3 rings (SSSR count). The van der Waals surface area contributed by atoms with Crippen molar-refractivity contribution in [1.82, 2.24) is 24.9 Å². The smallest absolute Gasteiger partial charge is 0.171 e. The largest absolute Gasteiger partial charge is 0.358 e. The van der Waals surface area contributed by atoms with Crippen LogP contribution in [0.15, 0.2) is 36.5 Å². The van der Waals surface area contributed by atoms with Gasteiger partial charge in [-0.2, -0.15) is 10.2 Å². The Balaban J connectivity index is 1.64. The summed E-state index contributed by atoms with van der Waals surface area (Å²) < 4.78 is 3.99. The minimum Gasteiger partial charge on any atom is -0.358 e. The summed E-state index contributed by atoms with van der Waals surface area (Å²) >= 11 is 5.49. The summed E-state index contributed by atoms with van der Waals surface area (Å²) in [6.45, 7) is 10.5. The molecule has 0 spiro atoms. The van der Waals surface area contributed by atoms with E-state index in [1.807, 2.05) is 40.7 Å². The molecule has 2 aromatic heterocycles. The van der Waals surface area contributed by atoms with Crippen LogP contribution in [0.1, 0.15) is 35.1 Å². The lowest BCUT2D eigenvalue weighted by atomic mass is 10.2. The van der Waals surface area contributed by atoms with Crippen molar-refractivity contribution in [3.05, 3.63) is 64.7 Å². The van der Waals surface area contributed by atoms with E-state index in [4.69, 9.17) is 12.2 Å². The molecule has 1 aromatic carbocycles. The zero-order valence-corrected chi connectivity index (χ0v) is 17.1. The molecule has 3 aromatic rings. The average Bonchev–Trinajstić information content (AvgIpc) is 3.15. The van der Waals surface area contributed by atoms with Crippen LogP contribution in [-0.2, 0) is 19.6 Å². The number of aryl methyl sites for hydroxylation is 2. The highest BCUT2D eigenvalue weighted by atomic mass is 32.1. The number of anilines is 1. The SMILES string of the molecule is CCn1ncc(CNC(=S)Nc2c(C)nn(Cc3ccccc3)c2C)c1C. The molecule has 0 saturated heterocycles. The Hall–Kier alpha value is -2.67. The lowest BCUT2D eigenvalue weighted by molar-refractivity contribution is 0.638. The van der Waals surface area contributed by atoms with Crippen LogP contribution < -0.4 is 10.6 Å². The summed E-state index contributed by atoms with van der Waals surface area (Å²) in [5, 5.41) is 16.2. The highest BCUT2D eigenvalue weighted by Crippen LogP contribution is 2.20. The second-order valence-electron chi connectivity index (χ2n) is 6.57. The zero-order chi connectivity index (χ0) is 19.4. The third-order valence-corrected chi connectivity index (χ3v) is 4.99. The van der Waals surface area contributed by atoms with E-state index in [1.165, 1.54) is 5.56 Å². The van der Waals surface area contributed by atoms with Crippen LogP contribution in [0.3, 0.4) is 0 Å². The molecule has 7 heteroatoms. The fourth-order valence-corrected chi connectivity index (χ4v) is 3.27. The minimum atomic E-state index is 0.587. The van der Waals surface area contributed by atoms with Gasteiger partial charge in [0.25, 0.3) is 0 Å². The van der Waals surface area contributed by atoms with Gasteiger partial charge in [0.2, 0.25) is 0 Å². The fourth-order valence-electron chi connectivity index (χ4n) is 3.10. The molecule has 0 unspecified atom stereocenters. The molecular weight excluding hydrogens is 356 g/mol. The molecule has 0 aliphatic rings. The highest BCUT2D eigenvalue weighted by Gasteiger charge is 2.13. The topological polar surface area (TPSA) is 59.7 Å². The fraction of sp³-hybridized carbons (Fsp3) is 0.350. The molecule has 0 aliphatic heterocycles. The van der Waals surface area contributed by atoms with Gasteiger partial charge in [-0.25, -0.2) is 0 Å². The summed E-state index contributed by atoms with van der Waals surface area (Å²) in [4.78, 5) is 0. The monoisotopic (exact) mass is 382 g/mol.